The maximum atomic E-state index is 12.4. The number of hydrogen-bond donors (Lipinski definition) is 0. The molecule has 2 aliphatic rings. The van der Waals surface area contributed by atoms with Gasteiger partial charge in [-0.05, 0) is 44.7 Å². The van der Waals surface area contributed by atoms with Crippen LogP contribution in [-0.2, 0) is 5.75 Å². The highest BCUT2D eigenvalue weighted by atomic mass is 32.2. The summed E-state index contributed by atoms with van der Waals surface area (Å²) in [6.07, 6.45) is 4.91. The molecule has 3 aromatic heterocycles. The summed E-state index contributed by atoms with van der Waals surface area (Å²) in [4.78, 5) is 17.0. The summed E-state index contributed by atoms with van der Waals surface area (Å²) in [5, 5.41) is 9.82. The van der Waals surface area contributed by atoms with E-state index in [0.29, 0.717) is 23.4 Å². The fraction of sp³-hybridized carbons (Fsp3) is 0.444. The van der Waals surface area contributed by atoms with E-state index < -0.39 is 0 Å². The van der Waals surface area contributed by atoms with Gasteiger partial charge in [-0.2, -0.15) is 0 Å². The van der Waals surface area contributed by atoms with Gasteiger partial charge in [-0.1, -0.05) is 17.8 Å². The van der Waals surface area contributed by atoms with Crippen LogP contribution in [0.5, 0.6) is 0 Å². The van der Waals surface area contributed by atoms with Crippen molar-refractivity contribution in [2.45, 2.75) is 55.5 Å². The van der Waals surface area contributed by atoms with Crippen LogP contribution < -0.4 is 5.56 Å². The zero-order valence-electron chi connectivity index (χ0n) is 14.1. The number of rotatable bonds is 5. The monoisotopic (exact) mass is 353 g/mol. The normalized spacial score (nSPS) is 17.3. The molecule has 128 valence electrons. The van der Waals surface area contributed by atoms with Gasteiger partial charge in [-0.3, -0.25) is 9.20 Å². The summed E-state index contributed by atoms with van der Waals surface area (Å²) in [6, 6.07) is 7.93. The van der Waals surface area contributed by atoms with Crippen LogP contribution in [0.1, 0.15) is 54.9 Å². The fourth-order valence-corrected chi connectivity index (χ4v) is 4.16. The highest BCUT2D eigenvalue weighted by Gasteiger charge is 2.36. The number of nitrogens with zero attached hydrogens (tertiary/aromatic N) is 5. The Bertz CT molecular complexity index is 1020. The van der Waals surface area contributed by atoms with Crippen molar-refractivity contribution in [1.82, 2.24) is 24.1 Å². The number of pyridine rings is 1. The third-order valence-corrected chi connectivity index (χ3v) is 5.80. The molecule has 0 atom stereocenters. The Hall–Kier alpha value is -2.15. The van der Waals surface area contributed by atoms with Crippen LogP contribution in [0.15, 0.2) is 34.2 Å². The summed E-state index contributed by atoms with van der Waals surface area (Å²) in [5.41, 5.74) is 2.36. The standard InChI is InChI=1S/C18H19N5OS/c1-11-3-2-4-15-19-13(9-16(24)22(11)15)10-25-18-21-20-17(12-5-6-12)23(18)14-7-8-14/h2-4,9,12,14H,5-8,10H2,1H3. The lowest BCUT2D eigenvalue weighted by molar-refractivity contribution is 0.627. The van der Waals surface area contributed by atoms with Gasteiger partial charge in [0.15, 0.2) is 5.16 Å². The largest absolute Gasteiger partial charge is 0.303 e. The van der Waals surface area contributed by atoms with Crippen molar-refractivity contribution in [3.63, 3.8) is 0 Å². The van der Waals surface area contributed by atoms with Crippen molar-refractivity contribution in [2.24, 2.45) is 0 Å². The predicted molar refractivity (Wildman–Crippen MR) is 96.0 cm³/mol. The topological polar surface area (TPSA) is 65.1 Å². The average molecular weight is 353 g/mol. The summed E-state index contributed by atoms with van der Waals surface area (Å²) in [6.45, 7) is 1.92. The molecular formula is C18H19N5OS. The zero-order valence-corrected chi connectivity index (χ0v) is 14.9. The van der Waals surface area contributed by atoms with E-state index in [2.05, 4.69) is 19.7 Å². The molecule has 0 N–H and O–H groups in total. The Labute approximate surface area is 149 Å². The summed E-state index contributed by atoms with van der Waals surface area (Å²) < 4.78 is 3.98. The zero-order chi connectivity index (χ0) is 17.0. The van der Waals surface area contributed by atoms with Crippen LogP contribution >= 0.6 is 11.8 Å². The van der Waals surface area contributed by atoms with E-state index >= 15 is 0 Å². The third kappa shape index (κ3) is 2.76. The number of aromatic nitrogens is 5. The molecule has 2 aliphatic carbocycles. The van der Waals surface area contributed by atoms with Crippen LogP contribution in [-0.4, -0.2) is 24.1 Å². The van der Waals surface area contributed by atoms with Crippen LogP contribution in [0.2, 0.25) is 0 Å². The van der Waals surface area contributed by atoms with Crippen molar-refractivity contribution >= 4 is 17.4 Å². The first-order valence-corrected chi connectivity index (χ1v) is 9.75. The van der Waals surface area contributed by atoms with Crippen LogP contribution in [0.25, 0.3) is 5.65 Å². The predicted octanol–water partition coefficient (Wildman–Crippen LogP) is 3.10. The van der Waals surface area contributed by atoms with E-state index in [1.165, 1.54) is 25.7 Å². The highest BCUT2D eigenvalue weighted by molar-refractivity contribution is 7.98. The summed E-state index contributed by atoms with van der Waals surface area (Å²) in [7, 11) is 0. The van der Waals surface area contributed by atoms with Crippen molar-refractivity contribution < 1.29 is 0 Å². The molecule has 0 radical (unpaired) electrons. The Morgan fingerprint density at radius 1 is 1.20 bits per heavy atom. The fourth-order valence-electron chi connectivity index (χ4n) is 3.26. The molecule has 0 saturated heterocycles. The quantitative estimate of drug-likeness (QED) is 0.660. The second-order valence-corrected chi connectivity index (χ2v) is 7.89. The first-order valence-electron chi connectivity index (χ1n) is 8.76. The van der Waals surface area contributed by atoms with Gasteiger partial charge >= 0.3 is 0 Å². The van der Waals surface area contributed by atoms with Crippen molar-refractivity contribution in [3.05, 3.63) is 51.8 Å². The number of hydrogen-bond acceptors (Lipinski definition) is 5. The van der Waals surface area contributed by atoms with E-state index in [4.69, 9.17) is 0 Å². The third-order valence-electron chi connectivity index (χ3n) is 4.83. The van der Waals surface area contributed by atoms with Crippen LogP contribution in [0, 0.1) is 6.92 Å². The lowest BCUT2D eigenvalue weighted by atomic mass is 10.3. The summed E-state index contributed by atoms with van der Waals surface area (Å²) >= 11 is 1.63. The Balaban J connectivity index is 1.43. The Morgan fingerprint density at radius 2 is 2.04 bits per heavy atom. The molecule has 5 rings (SSSR count). The number of aryl methyl sites for hydroxylation is 1. The maximum absolute atomic E-state index is 12.4. The summed E-state index contributed by atoms with van der Waals surface area (Å²) in [5.74, 6) is 2.40. The smallest absolute Gasteiger partial charge is 0.258 e. The van der Waals surface area contributed by atoms with E-state index in [0.717, 1.165) is 22.4 Å². The molecule has 0 aliphatic heterocycles. The first kappa shape index (κ1) is 15.1. The second-order valence-electron chi connectivity index (χ2n) is 6.95. The lowest BCUT2D eigenvalue weighted by Gasteiger charge is -2.09. The molecule has 0 unspecified atom stereocenters. The van der Waals surface area contributed by atoms with Crippen LogP contribution in [0.3, 0.4) is 0 Å². The number of thioether (sulfide) groups is 1. The molecule has 6 nitrogen and oxygen atoms in total. The first-order chi connectivity index (χ1) is 12.2. The van der Waals surface area contributed by atoms with Gasteiger partial charge in [0.05, 0.1) is 5.69 Å². The maximum Gasteiger partial charge on any atom is 0.258 e. The Kier molecular flexibility index (Phi) is 3.45. The highest BCUT2D eigenvalue weighted by Crippen LogP contribution is 2.46. The molecule has 7 heteroatoms. The van der Waals surface area contributed by atoms with Gasteiger partial charge in [0.2, 0.25) is 0 Å². The van der Waals surface area contributed by atoms with Gasteiger partial charge < -0.3 is 4.57 Å². The van der Waals surface area contributed by atoms with Gasteiger partial charge in [-0.15, -0.1) is 10.2 Å². The second kappa shape index (κ2) is 5.69. The molecule has 2 fully saturated rings. The van der Waals surface area contributed by atoms with Gasteiger partial charge in [0, 0.05) is 29.5 Å². The SMILES string of the molecule is Cc1cccc2nc(CSc3nnc(C4CC4)n3C3CC3)cc(=O)n12. The van der Waals surface area contributed by atoms with Gasteiger partial charge in [0.1, 0.15) is 11.5 Å². The van der Waals surface area contributed by atoms with E-state index in [1.807, 2.05) is 25.1 Å². The minimum atomic E-state index is -0.0268. The van der Waals surface area contributed by atoms with Gasteiger partial charge in [-0.25, -0.2) is 4.98 Å². The van der Waals surface area contributed by atoms with Crippen molar-refractivity contribution in [2.75, 3.05) is 0 Å². The molecule has 25 heavy (non-hydrogen) atoms. The molecule has 0 amide bonds. The lowest BCUT2D eigenvalue weighted by Crippen LogP contribution is -2.17. The van der Waals surface area contributed by atoms with Crippen LogP contribution in [0.4, 0.5) is 0 Å². The van der Waals surface area contributed by atoms with E-state index in [9.17, 15) is 4.79 Å². The molecule has 0 aromatic carbocycles. The average Bonchev–Trinajstić information content (AvgIpc) is 3.51. The van der Waals surface area contributed by atoms with E-state index in [1.54, 1.807) is 22.2 Å². The molecular weight excluding hydrogens is 334 g/mol. The molecule has 0 spiro atoms. The van der Waals surface area contributed by atoms with Gasteiger partial charge in [0.25, 0.3) is 5.56 Å². The molecule has 3 heterocycles. The molecule has 2 saturated carbocycles. The van der Waals surface area contributed by atoms with Crippen molar-refractivity contribution in [3.8, 4) is 0 Å². The minimum Gasteiger partial charge on any atom is -0.303 e. The van der Waals surface area contributed by atoms with Crippen molar-refractivity contribution in [1.29, 1.82) is 0 Å². The number of fused-ring (bicyclic) bond motifs is 1. The minimum absolute atomic E-state index is 0.0268. The molecule has 0 bridgehead atoms. The van der Waals surface area contributed by atoms with E-state index in [-0.39, 0.29) is 5.56 Å². The Morgan fingerprint density at radius 3 is 2.80 bits per heavy atom. The molecule has 3 aromatic rings.